The summed E-state index contributed by atoms with van der Waals surface area (Å²) in [6.45, 7) is 0.461. The number of carboxylic acid groups (broad SMARTS) is 1. The van der Waals surface area contributed by atoms with Gasteiger partial charge >= 0.3 is 18.0 Å². The second kappa shape index (κ2) is 8.57. The number of carbonyl (C=O) groups excluding carboxylic acids is 2. The second-order valence-electron chi connectivity index (χ2n) is 4.27. The van der Waals surface area contributed by atoms with Crippen molar-refractivity contribution in [3.63, 3.8) is 0 Å². The summed E-state index contributed by atoms with van der Waals surface area (Å²) in [5.74, 6) is -1.37. The highest BCUT2D eigenvalue weighted by Gasteiger charge is 2.06. The average molecular weight is 294 g/mol. The van der Waals surface area contributed by atoms with Crippen LogP contribution in [0.3, 0.4) is 0 Å². The van der Waals surface area contributed by atoms with Crippen LogP contribution in [-0.4, -0.2) is 43.3 Å². The van der Waals surface area contributed by atoms with E-state index < -0.39 is 18.0 Å². The standard InChI is InChI=1S/C14H18N2O5/c1-21-13(19)11-4-2-3-10(9-11)5-7-15-14(20)16-8-6-12(17)18/h2-4,9H,5-8H2,1H3,(H,17,18)(H2,15,16,20). The van der Waals surface area contributed by atoms with Gasteiger partial charge in [-0.3, -0.25) is 4.79 Å². The molecule has 1 aromatic carbocycles. The lowest BCUT2D eigenvalue weighted by Crippen LogP contribution is -2.37. The molecule has 0 radical (unpaired) electrons. The fourth-order valence-corrected chi connectivity index (χ4v) is 1.64. The number of carbonyl (C=O) groups is 3. The highest BCUT2D eigenvalue weighted by molar-refractivity contribution is 5.89. The number of methoxy groups -OCH3 is 1. The normalized spacial score (nSPS) is 9.76. The third kappa shape index (κ3) is 6.42. The van der Waals surface area contributed by atoms with Gasteiger partial charge in [-0.15, -0.1) is 0 Å². The highest BCUT2D eigenvalue weighted by Crippen LogP contribution is 2.06. The third-order valence-corrected chi connectivity index (χ3v) is 2.67. The number of rotatable bonds is 7. The maximum atomic E-state index is 11.4. The summed E-state index contributed by atoms with van der Waals surface area (Å²) in [6, 6.07) is 6.53. The molecule has 2 amide bonds. The van der Waals surface area contributed by atoms with Gasteiger partial charge in [0.15, 0.2) is 0 Å². The minimum Gasteiger partial charge on any atom is -0.481 e. The van der Waals surface area contributed by atoms with Crippen molar-refractivity contribution in [1.29, 1.82) is 0 Å². The Hall–Kier alpha value is -2.57. The molecule has 1 aromatic rings. The number of urea groups is 1. The highest BCUT2D eigenvalue weighted by atomic mass is 16.5. The molecular weight excluding hydrogens is 276 g/mol. The molecule has 114 valence electrons. The first-order valence-corrected chi connectivity index (χ1v) is 6.43. The Morgan fingerprint density at radius 3 is 2.57 bits per heavy atom. The lowest BCUT2D eigenvalue weighted by Gasteiger charge is -2.07. The van der Waals surface area contributed by atoms with E-state index in [1.54, 1.807) is 18.2 Å². The number of aliphatic carboxylic acids is 1. The second-order valence-corrected chi connectivity index (χ2v) is 4.27. The summed E-state index contributed by atoms with van der Waals surface area (Å²) in [4.78, 5) is 33.0. The molecule has 7 heteroatoms. The molecule has 21 heavy (non-hydrogen) atoms. The van der Waals surface area contributed by atoms with Gasteiger partial charge in [0.2, 0.25) is 0 Å². The van der Waals surface area contributed by atoms with E-state index in [-0.39, 0.29) is 13.0 Å². The first kappa shape index (κ1) is 16.5. The monoisotopic (exact) mass is 294 g/mol. The predicted molar refractivity (Wildman–Crippen MR) is 75.1 cm³/mol. The van der Waals surface area contributed by atoms with Gasteiger partial charge in [-0.2, -0.15) is 0 Å². The van der Waals surface area contributed by atoms with Crippen molar-refractivity contribution in [2.75, 3.05) is 20.2 Å². The quantitative estimate of drug-likeness (QED) is 0.645. The summed E-state index contributed by atoms with van der Waals surface area (Å²) >= 11 is 0. The number of nitrogens with one attached hydrogen (secondary N) is 2. The largest absolute Gasteiger partial charge is 0.481 e. The Balaban J connectivity index is 2.33. The molecule has 0 spiro atoms. The first-order chi connectivity index (χ1) is 10.0. The first-order valence-electron chi connectivity index (χ1n) is 6.43. The molecule has 0 fully saturated rings. The van der Waals surface area contributed by atoms with E-state index in [0.717, 1.165) is 5.56 Å². The molecule has 0 aliphatic heterocycles. The van der Waals surface area contributed by atoms with E-state index in [9.17, 15) is 14.4 Å². The van der Waals surface area contributed by atoms with Crippen LogP contribution in [0.25, 0.3) is 0 Å². The van der Waals surface area contributed by atoms with Crippen LogP contribution in [0, 0.1) is 0 Å². The molecule has 0 heterocycles. The van der Waals surface area contributed by atoms with Crippen molar-refractivity contribution in [2.24, 2.45) is 0 Å². The Morgan fingerprint density at radius 1 is 1.19 bits per heavy atom. The molecule has 3 N–H and O–H groups in total. The smallest absolute Gasteiger partial charge is 0.337 e. The van der Waals surface area contributed by atoms with E-state index in [1.165, 1.54) is 7.11 Å². The molecule has 0 unspecified atom stereocenters. The van der Waals surface area contributed by atoms with E-state index in [0.29, 0.717) is 18.5 Å². The van der Waals surface area contributed by atoms with E-state index in [4.69, 9.17) is 5.11 Å². The molecule has 0 bridgehead atoms. The summed E-state index contributed by atoms with van der Waals surface area (Å²) in [6.07, 6.45) is 0.436. The number of hydrogen-bond acceptors (Lipinski definition) is 4. The van der Waals surface area contributed by atoms with Gasteiger partial charge < -0.3 is 20.5 Å². The summed E-state index contributed by atoms with van der Waals surface area (Å²) in [5.41, 5.74) is 1.35. The Kier molecular flexibility index (Phi) is 6.73. The van der Waals surface area contributed by atoms with Crippen molar-refractivity contribution < 1.29 is 24.2 Å². The number of hydrogen-bond donors (Lipinski definition) is 3. The van der Waals surface area contributed by atoms with Gasteiger partial charge in [0.1, 0.15) is 0 Å². The minimum atomic E-state index is -0.963. The van der Waals surface area contributed by atoms with Crippen molar-refractivity contribution in [3.05, 3.63) is 35.4 Å². The van der Waals surface area contributed by atoms with E-state index >= 15 is 0 Å². The SMILES string of the molecule is COC(=O)c1cccc(CCNC(=O)NCCC(=O)O)c1. The van der Waals surface area contributed by atoms with Crippen molar-refractivity contribution in [3.8, 4) is 0 Å². The van der Waals surface area contributed by atoms with Crippen LogP contribution >= 0.6 is 0 Å². The van der Waals surface area contributed by atoms with Crippen LogP contribution in [0.2, 0.25) is 0 Å². The number of amides is 2. The Labute approximate surface area is 122 Å². The van der Waals surface area contributed by atoms with E-state index in [2.05, 4.69) is 15.4 Å². The molecular formula is C14H18N2O5. The van der Waals surface area contributed by atoms with Crippen LogP contribution < -0.4 is 10.6 Å². The van der Waals surface area contributed by atoms with Crippen molar-refractivity contribution in [2.45, 2.75) is 12.8 Å². The zero-order valence-corrected chi connectivity index (χ0v) is 11.7. The molecule has 0 atom stereocenters. The number of benzene rings is 1. The predicted octanol–water partition coefficient (Wildman–Crippen LogP) is 0.790. The molecule has 7 nitrogen and oxygen atoms in total. The Morgan fingerprint density at radius 2 is 1.90 bits per heavy atom. The fraction of sp³-hybridized carbons (Fsp3) is 0.357. The van der Waals surface area contributed by atoms with Gasteiger partial charge in [0.05, 0.1) is 19.1 Å². The molecule has 0 aliphatic carbocycles. The zero-order chi connectivity index (χ0) is 15.7. The summed E-state index contributed by atoms with van der Waals surface area (Å²) < 4.78 is 4.63. The van der Waals surface area contributed by atoms with Gasteiger partial charge in [0, 0.05) is 13.1 Å². The molecule has 0 aliphatic rings. The third-order valence-electron chi connectivity index (χ3n) is 2.67. The number of esters is 1. The zero-order valence-electron chi connectivity index (χ0n) is 11.7. The van der Waals surface area contributed by atoms with Gasteiger partial charge in [0.25, 0.3) is 0 Å². The minimum absolute atomic E-state index is 0.0823. The van der Waals surface area contributed by atoms with E-state index in [1.807, 2.05) is 6.07 Å². The summed E-state index contributed by atoms with van der Waals surface area (Å²) in [7, 11) is 1.32. The van der Waals surface area contributed by atoms with Gasteiger partial charge in [-0.05, 0) is 24.1 Å². The molecule has 1 rings (SSSR count). The van der Waals surface area contributed by atoms with Crippen LogP contribution in [0.15, 0.2) is 24.3 Å². The number of carboxylic acids is 1. The van der Waals surface area contributed by atoms with Crippen molar-refractivity contribution in [1.82, 2.24) is 10.6 Å². The average Bonchev–Trinajstić information content (AvgIpc) is 2.46. The van der Waals surface area contributed by atoms with Crippen LogP contribution in [0.4, 0.5) is 4.79 Å². The lowest BCUT2D eigenvalue weighted by molar-refractivity contribution is -0.136. The van der Waals surface area contributed by atoms with Gasteiger partial charge in [-0.1, -0.05) is 12.1 Å². The lowest BCUT2D eigenvalue weighted by atomic mass is 10.1. The molecule has 0 aromatic heterocycles. The topological polar surface area (TPSA) is 105 Å². The van der Waals surface area contributed by atoms with Crippen molar-refractivity contribution >= 4 is 18.0 Å². The van der Waals surface area contributed by atoms with Gasteiger partial charge in [-0.25, -0.2) is 9.59 Å². The fourth-order valence-electron chi connectivity index (χ4n) is 1.64. The maximum Gasteiger partial charge on any atom is 0.337 e. The molecule has 0 saturated carbocycles. The summed E-state index contributed by atoms with van der Waals surface area (Å²) in [5, 5.41) is 13.5. The van der Waals surface area contributed by atoms with Crippen LogP contribution in [0.1, 0.15) is 22.3 Å². The number of ether oxygens (including phenoxy) is 1. The van der Waals surface area contributed by atoms with Crippen LogP contribution in [-0.2, 0) is 16.0 Å². The molecule has 0 saturated heterocycles. The Bertz CT molecular complexity index is 516. The maximum absolute atomic E-state index is 11.4. The van der Waals surface area contributed by atoms with Crippen LogP contribution in [0.5, 0.6) is 0 Å².